The van der Waals surface area contributed by atoms with Crippen LogP contribution in [0.4, 0.5) is 13.2 Å². The molecule has 160 valence electrons. The van der Waals surface area contributed by atoms with Gasteiger partial charge >= 0.3 is 6.18 Å². The number of hydrogen-bond acceptors (Lipinski definition) is 5. The fraction of sp³-hybridized carbons (Fsp3) is 0.579. The number of amides is 1. The topological polar surface area (TPSA) is 68.6 Å². The molecule has 1 aliphatic heterocycles. The van der Waals surface area contributed by atoms with Crippen LogP contribution in [0.5, 0.6) is 5.75 Å². The van der Waals surface area contributed by atoms with E-state index in [0.717, 1.165) is 25.9 Å². The van der Waals surface area contributed by atoms with Crippen molar-refractivity contribution in [1.82, 2.24) is 20.0 Å². The summed E-state index contributed by atoms with van der Waals surface area (Å²) in [5, 5.41) is 7.44. The monoisotopic (exact) mass is 414 g/mol. The molecule has 0 spiro atoms. The van der Waals surface area contributed by atoms with Crippen LogP contribution in [-0.4, -0.2) is 66.7 Å². The Kier molecular flexibility index (Phi) is 6.96. The highest BCUT2D eigenvalue weighted by Crippen LogP contribution is 2.31. The molecule has 29 heavy (non-hydrogen) atoms. The molecule has 1 saturated heterocycles. The van der Waals surface area contributed by atoms with Gasteiger partial charge in [-0.1, -0.05) is 6.42 Å². The number of fused-ring (bicyclic) bond motifs is 1. The molecular formula is C19H25F3N4O3. The predicted molar refractivity (Wildman–Crippen MR) is 101 cm³/mol. The molecular weight excluding hydrogens is 389 g/mol. The van der Waals surface area contributed by atoms with Crippen LogP contribution in [0, 0.1) is 0 Å². The number of hydrogen-bond donors (Lipinski definition) is 1. The molecule has 0 saturated carbocycles. The lowest BCUT2D eigenvalue weighted by Gasteiger charge is -2.25. The highest BCUT2D eigenvalue weighted by Gasteiger charge is 2.30. The number of ether oxygens (including phenoxy) is 2. The van der Waals surface area contributed by atoms with Crippen molar-refractivity contribution in [3.63, 3.8) is 0 Å². The quantitative estimate of drug-likeness (QED) is 0.673. The Morgan fingerprint density at radius 2 is 2.00 bits per heavy atom. The third kappa shape index (κ3) is 5.83. The van der Waals surface area contributed by atoms with Crippen LogP contribution in [0.25, 0.3) is 10.9 Å². The minimum atomic E-state index is -4.52. The molecule has 10 heteroatoms. The van der Waals surface area contributed by atoms with Crippen molar-refractivity contribution in [2.24, 2.45) is 0 Å². The lowest BCUT2D eigenvalue weighted by atomic mass is 10.1. The maximum Gasteiger partial charge on any atom is 0.422 e. The van der Waals surface area contributed by atoms with Gasteiger partial charge in [0.2, 0.25) is 0 Å². The first-order chi connectivity index (χ1) is 13.9. The number of carbonyl (C=O) groups excluding carboxylic acids is 1. The van der Waals surface area contributed by atoms with Crippen LogP contribution in [0.3, 0.4) is 0 Å². The Morgan fingerprint density at radius 3 is 2.69 bits per heavy atom. The van der Waals surface area contributed by atoms with Crippen LogP contribution < -0.4 is 10.1 Å². The van der Waals surface area contributed by atoms with E-state index in [0.29, 0.717) is 24.2 Å². The van der Waals surface area contributed by atoms with Crippen LogP contribution in [0.2, 0.25) is 0 Å². The SMILES string of the molecule is COCCNC(=O)c1ccc2nn(CN3CCCCC3)cc2c1OCC(F)(F)F. The number of halogens is 3. The van der Waals surface area contributed by atoms with Gasteiger partial charge in [0, 0.05) is 19.9 Å². The first kappa shape index (κ1) is 21.4. The van der Waals surface area contributed by atoms with Crippen molar-refractivity contribution in [1.29, 1.82) is 0 Å². The Bertz CT molecular complexity index is 832. The minimum absolute atomic E-state index is 0.0374. The van der Waals surface area contributed by atoms with Crippen LogP contribution in [0.1, 0.15) is 29.6 Å². The zero-order chi connectivity index (χ0) is 20.9. The van der Waals surface area contributed by atoms with Crippen molar-refractivity contribution in [2.75, 3.05) is 40.0 Å². The fourth-order valence-corrected chi connectivity index (χ4v) is 3.35. The minimum Gasteiger partial charge on any atom is -0.483 e. The molecule has 0 unspecified atom stereocenters. The number of alkyl halides is 3. The van der Waals surface area contributed by atoms with Crippen molar-refractivity contribution >= 4 is 16.8 Å². The normalized spacial score (nSPS) is 15.6. The van der Waals surface area contributed by atoms with Crippen LogP contribution in [-0.2, 0) is 11.4 Å². The summed E-state index contributed by atoms with van der Waals surface area (Å²) in [7, 11) is 1.49. The van der Waals surface area contributed by atoms with E-state index in [9.17, 15) is 18.0 Å². The van der Waals surface area contributed by atoms with E-state index in [-0.39, 0.29) is 17.9 Å². The molecule has 1 aromatic heterocycles. The number of rotatable bonds is 8. The number of carbonyl (C=O) groups is 1. The van der Waals surface area contributed by atoms with Gasteiger partial charge in [-0.3, -0.25) is 14.4 Å². The number of nitrogens with zero attached hydrogens (tertiary/aromatic N) is 3. The molecule has 0 aliphatic carbocycles. The van der Waals surface area contributed by atoms with Gasteiger partial charge in [0.25, 0.3) is 5.91 Å². The van der Waals surface area contributed by atoms with E-state index >= 15 is 0 Å². The Morgan fingerprint density at radius 1 is 1.24 bits per heavy atom. The highest BCUT2D eigenvalue weighted by molar-refractivity contribution is 6.03. The largest absolute Gasteiger partial charge is 0.483 e. The number of benzene rings is 1. The Hall–Kier alpha value is -2.33. The molecule has 1 aliphatic rings. The van der Waals surface area contributed by atoms with E-state index < -0.39 is 18.7 Å². The molecule has 1 aromatic carbocycles. The van der Waals surface area contributed by atoms with Crippen LogP contribution in [0.15, 0.2) is 18.3 Å². The van der Waals surface area contributed by atoms with Crippen molar-refractivity contribution in [3.8, 4) is 5.75 Å². The lowest BCUT2D eigenvalue weighted by molar-refractivity contribution is -0.153. The summed E-state index contributed by atoms with van der Waals surface area (Å²) < 4.78 is 49.9. The molecule has 3 rings (SSSR count). The molecule has 0 radical (unpaired) electrons. The molecule has 1 amide bonds. The van der Waals surface area contributed by atoms with Gasteiger partial charge in [-0.25, -0.2) is 0 Å². The third-order valence-corrected chi connectivity index (χ3v) is 4.70. The van der Waals surface area contributed by atoms with Crippen LogP contribution >= 0.6 is 0 Å². The van der Waals surface area contributed by atoms with Crippen molar-refractivity contribution in [2.45, 2.75) is 32.1 Å². The van der Waals surface area contributed by atoms with Gasteiger partial charge in [0.15, 0.2) is 6.61 Å². The Labute approximate surface area is 166 Å². The van der Waals surface area contributed by atoms with E-state index in [1.807, 2.05) is 0 Å². The predicted octanol–water partition coefficient (Wildman–Crippen LogP) is 2.80. The molecule has 0 bridgehead atoms. The molecule has 7 nitrogen and oxygen atoms in total. The number of likely N-dealkylation sites (tertiary alicyclic amines) is 1. The Balaban J connectivity index is 1.88. The number of piperidine rings is 1. The maximum atomic E-state index is 12.8. The third-order valence-electron chi connectivity index (χ3n) is 4.70. The maximum absolute atomic E-state index is 12.8. The average Bonchev–Trinajstić information content (AvgIpc) is 3.08. The van der Waals surface area contributed by atoms with Crippen molar-refractivity contribution in [3.05, 3.63) is 23.9 Å². The average molecular weight is 414 g/mol. The van der Waals surface area contributed by atoms with Gasteiger partial charge in [-0.2, -0.15) is 18.3 Å². The molecule has 1 fully saturated rings. The summed E-state index contributed by atoms with van der Waals surface area (Å²) in [6.07, 6.45) is 0.560. The molecule has 0 atom stereocenters. The van der Waals surface area contributed by atoms with Gasteiger partial charge in [0.05, 0.1) is 29.7 Å². The lowest BCUT2D eigenvalue weighted by Crippen LogP contribution is -2.31. The second-order valence-corrected chi connectivity index (χ2v) is 7.02. The zero-order valence-corrected chi connectivity index (χ0v) is 16.3. The summed E-state index contributed by atoms with van der Waals surface area (Å²) in [5.74, 6) is -0.635. The summed E-state index contributed by atoms with van der Waals surface area (Å²) in [6.45, 7) is 1.51. The summed E-state index contributed by atoms with van der Waals surface area (Å²) >= 11 is 0. The smallest absolute Gasteiger partial charge is 0.422 e. The number of aromatic nitrogens is 2. The first-order valence-corrected chi connectivity index (χ1v) is 9.56. The fourth-order valence-electron chi connectivity index (χ4n) is 3.35. The second-order valence-electron chi connectivity index (χ2n) is 7.02. The van der Waals surface area contributed by atoms with Gasteiger partial charge in [-0.15, -0.1) is 0 Å². The zero-order valence-electron chi connectivity index (χ0n) is 16.3. The standard InChI is InChI=1S/C19H25F3N4O3/c1-28-10-7-23-18(27)14-5-6-16-15(17(14)29-12-19(20,21)22)11-26(24-16)13-25-8-3-2-4-9-25/h5-6,11H,2-4,7-10,12-13H2,1H3,(H,23,27). The molecule has 2 heterocycles. The van der Waals surface area contributed by atoms with Crippen molar-refractivity contribution < 1.29 is 27.4 Å². The van der Waals surface area contributed by atoms with E-state index in [4.69, 9.17) is 9.47 Å². The van der Waals surface area contributed by atoms with E-state index in [1.54, 1.807) is 16.9 Å². The second kappa shape index (κ2) is 9.45. The summed E-state index contributed by atoms with van der Waals surface area (Å²) in [5.41, 5.74) is 0.517. The van der Waals surface area contributed by atoms with Gasteiger partial charge in [0.1, 0.15) is 5.75 Å². The number of methoxy groups -OCH3 is 1. The highest BCUT2D eigenvalue weighted by atomic mass is 19.4. The number of nitrogens with one attached hydrogen (secondary N) is 1. The first-order valence-electron chi connectivity index (χ1n) is 9.56. The molecule has 2 aromatic rings. The summed E-state index contributed by atoms with van der Waals surface area (Å²) in [6, 6.07) is 3.06. The molecule has 1 N–H and O–H groups in total. The van der Waals surface area contributed by atoms with E-state index in [2.05, 4.69) is 15.3 Å². The summed E-state index contributed by atoms with van der Waals surface area (Å²) in [4.78, 5) is 14.7. The van der Waals surface area contributed by atoms with Gasteiger partial charge < -0.3 is 14.8 Å². The van der Waals surface area contributed by atoms with Gasteiger partial charge in [-0.05, 0) is 38.1 Å². The van der Waals surface area contributed by atoms with E-state index in [1.165, 1.54) is 19.6 Å².